The number of carboxylic acid groups (broad SMARTS) is 1. The van der Waals surface area contributed by atoms with Gasteiger partial charge in [-0.1, -0.05) is 6.92 Å². The molecule has 0 aromatic rings. The van der Waals surface area contributed by atoms with Crippen LogP contribution < -0.4 is 0 Å². The second-order valence-corrected chi connectivity index (χ2v) is 5.72. The number of rotatable bonds is 6. The summed E-state index contributed by atoms with van der Waals surface area (Å²) in [4.78, 5) is 13.2. The second kappa shape index (κ2) is 5.85. The molecule has 3 heteroatoms. The van der Waals surface area contributed by atoms with E-state index in [0.29, 0.717) is 12.3 Å². The highest BCUT2D eigenvalue weighted by molar-refractivity contribution is 5.66. The number of likely N-dealkylation sites (tertiary alicyclic amines) is 1. The molecule has 0 aromatic heterocycles. The summed E-state index contributed by atoms with van der Waals surface area (Å²) in [5.74, 6) is 0.978. The van der Waals surface area contributed by atoms with Gasteiger partial charge in [0.05, 0.1) is 0 Å². The topological polar surface area (TPSA) is 40.5 Å². The average Bonchev–Trinajstić information content (AvgIpc) is 3.13. The Hall–Kier alpha value is -0.570. The molecule has 98 valence electrons. The smallest absolute Gasteiger partial charge is 0.303 e. The summed E-state index contributed by atoms with van der Waals surface area (Å²) < 4.78 is 0. The minimum atomic E-state index is -0.642. The van der Waals surface area contributed by atoms with Crippen LogP contribution in [0.25, 0.3) is 0 Å². The van der Waals surface area contributed by atoms with Gasteiger partial charge in [0.1, 0.15) is 0 Å². The van der Waals surface area contributed by atoms with Crippen molar-refractivity contribution in [3.05, 3.63) is 0 Å². The van der Waals surface area contributed by atoms with Crippen LogP contribution in [0.3, 0.4) is 0 Å². The van der Waals surface area contributed by atoms with E-state index in [9.17, 15) is 4.79 Å². The first-order valence-electron chi connectivity index (χ1n) is 7.16. The van der Waals surface area contributed by atoms with Crippen molar-refractivity contribution in [3.63, 3.8) is 0 Å². The van der Waals surface area contributed by atoms with E-state index in [4.69, 9.17) is 5.11 Å². The summed E-state index contributed by atoms with van der Waals surface area (Å²) >= 11 is 0. The van der Waals surface area contributed by atoms with Gasteiger partial charge in [0.25, 0.3) is 0 Å². The molecule has 2 fully saturated rings. The molecular weight excluding hydrogens is 214 g/mol. The molecule has 1 unspecified atom stereocenters. The molecule has 0 amide bonds. The van der Waals surface area contributed by atoms with E-state index in [2.05, 4.69) is 11.8 Å². The summed E-state index contributed by atoms with van der Waals surface area (Å²) in [5, 5.41) is 8.69. The fourth-order valence-electron chi connectivity index (χ4n) is 3.27. The van der Waals surface area contributed by atoms with E-state index in [1.165, 1.54) is 45.2 Å². The SMILES string of the molecule is CCC(C1CC1)N1CCC(CCC(=O)O)CC1. The van der Waals surface area contributed by atoms with Crippen LogP contribution >= 0.6 is 0 Å². The van der Waals surface area contributed by atoms with Crippen LogP contribution in [0.4, 0.5) is 0 Å². The third-order valence-corrected chi connectivity index (χ3v) is 4.47. The molecule has 1 aliphatic carbocycles. The molecule has 2 rings (SSSR count). The summed E-state index contributed by atoms with van der Waals surface area (Å²) in [6.45, 7) is 4.69. The third kappa shape index (κ3) is 3.70. The van der Waals surface area contributed by atoms with Crippen molar-refractivity contribution in [2.45, 2.75) is 57.9 Å². The molecule has 0 aromatic carbocycles. The molecule has 1 atom stereocenters. The summed E-state index contributed by atoms with van der Waals surface area (Å²) in [6, 6.07) is 0.815. The van der Waals surface area contributed by atoms with Crippen LogP contribution in [0.15, 0.2) is 0 Å². The van der Waals surface area contributed by atoms with Gasteiger partial charge in [0, 0.05) is 12.5 Å². The molecule has 2 aliphatic rings. The Labute approximate surface area is 104 Å². The van der Waals surface area contributed by atoms with Crippen LogP contribution in [0.5, 0.6) is 0 Å². The lowest BCUT2D eigenvalue weighted by atomic mass is 9.90. The van der Waals surface area contributed by atoms with Gasteiger partial charge in [0.2, 0.25) is 0 Å². The lowest BCUT2D eigenvalue weighted by Crippen LogP contribution is -2.42. The molecule has 1 saturated heterocycles. The van der Waals surface area contributed by atoms with Gasteiger partial charge in [-0.3, -0.25) is 4.79 Å². The normalized spacial score (nSPS) is 24.8. The Kier molecular flexibility index (Phi) is 4.43. The molecule has 0 bridgehead atoms. The van der Waals surface area contributed by atoms with Crippen LogP contribution in [0.1, 0.15) is 51.9 Å². The van der Waals surface area contributed by atoms with E-state index < -0.39 is 5.97 Å². The van der Waals surface area contributed by atoms with Gasteiger partial charge in [-0.2, -0.15) is 0 Å². The molecule has 3 nitrogen and oxygen atoms in total. The minimum absolute atomic E-state index is 0.352. The number of hydrogen-bond acceptors (Lipinski definition) is 2. The van der Waals surface area contributed by atoms with Gasteiger partial charge in [-0.05, 0) is 63.5 Å². The quantitative estimate of drug-likeness (QED) is 0.775. The van der Waals surface area contributed by atoms with E-state index >= 15 is 0 Å². The van der Waals surface area contributed by atoms with Crippen molar-refractivity contribution in [1.82, 2.24) is 4.90 Å². The van der Waals surface area contributed by atoms with Crippen molar-refractivity contribution in [2.24, 2.45) is 11.8 Å². The number of nitrogens with zero attached hydrogens (tertiary/aromatic N) is 1. The van der Waals surface area contributed by atoms with Gasteiger partial charge < -0.3 is 10.0 Å². The first-order valence-corrected chi connectivity index (χ1v) is 7.16. The largest absolute Gasteiger partial charge is 0.481 e. The molecule has 1 aliphatic heterocycles. The van der Waals surface area contributed by atoms with Gasteiger partial charge in [-0.25, -0.2) is 0 Å². The molecule has 0 spiro atoms. The number of hydrogen-bond donors (Lipinski definition) is 1. The zero-order chi connectivity index (χ0) is 12.3. The van der Waals surface area contributed by atoms with Crippen molar-refractivity contribution >= 4 is 5.97 Å². The Morgan fingerprint density at radius 3 is 2.41 bits per heavy atom. The Balaban J connectivity index is 1.71. The maximum absolute atomic E-state index is 10.5. The number of carboxylic acids is 1. The summed E-state index contributed by atoms with van der Waals surface area (Å²) in [7, 11) is 0. The number of aliphatic carboxylic acids is 1. The van der Waals surface area contributed by atoms with Crippen LogP contribution in [0, 0.1) is 11.8 Å². The van der Waals surface area contributed by atoms with Crippen molar-refractivity contribution in [1.29, 1.82) is 0 Å². The molecule has 1 heterocycles. The standard InChI is InChI=1S/C14H25NO2/c1-2-13(12-4-5-12)15-9-7-11(8-10-15)3-6-14(16)17/h11-13H,2-10H2,1H3,(H,16,17). The fraction of sp³-hybridized carbons (Fsp3) is 0.929. The Morgan fingerprint density at radius 2 is 1.94 bits per heavy atom. The molecule has 1 saturated carbocycles. The Morgan fingerprint density at radius 1 is 1.29 bits per heavy atom. The first kappa shape index (κ1) is 12.9. The zero-order valence-electron chi connectivity index (χ0n) is 10.9. The van der Waals surface area contributed by atoms with Gasteiger partial charge >= 0.3 is 5.97 Å². The highest BCUT2D eigenvalue weighted by Gasteiger charge is 2.35. The Bertz CT molecular complexity index is 255. The van der Waals surface area contributed by atoms with Gasteiger partial charge in [0.15, 0.2) is 0 Å². The van der Waals surface area contributed by atoms with E-state index in [-0.39, 0.29) is 0 Å². The maximum Gasteiger partial charge on any atom is 0.303 e. The highest BCUT2D eigenvalue weighted by Crippen LogP contribution is 2.38. The summed E-state index contributed by atoms with van der Waals surface area (Å²) in [6.07, 6.45) is 7.78. The molecule has 0 radical (unpaired) electrons. The zero-order valence-corrected chi connectivity index (χ0v) is 10.9. The molecular formula is C14H25NO2. The van der Waals surface area contributed by atoms with Gasteiger partial charge in [-0.15, -0.1) is 0 Å². The molecule has 17 heavy (non-hydrogen) atoms. The van der Waals surface area contributed by atoms with Crippen LogP contribution in [-0.4, -0.2) is 35.1 Å². The van der Waals surface area contributed by atoms with Crippen molar-refractivity contribution < 1.29 is 9.90 Å². The minimum Gasteiger partial charge on any atom is -0.481 e. The maximum atomic E-state index is 10.5. The van der Waals surface area contributed by atoms with E-state index in [0.717, 1.165) is 18.4 Å². The van der Waals surface area contributed by atoms with Crippen LogP contribution in [0.2, 0.25) is 0 Å². The predicted molar refractivity (Wildman–Crippen MR) is 68.0 cm³/mol. The molecule has 1 N–H and O–H groups in total. The lowest BCUT2D eigenvalue weighted by Gasteiger charge is -2.37. The third-order valence-electron chi connectivity index (χ3n) is 4.47. The monoisotopic (exact) mass is 239 g/mol. The summed E-state index contributed by atoms with van der Waals surface area (Å²) in [5.41, 5.74) is 0. The second-order valence-electron chi connectivity index (χ2n) is 5.72. The number of piperidine rings is 1. The fourth-order valence-corrected chi connectivity index (χ4v) is 3.27. The average molecular weight is 239 g/mol. The van der Waals surface area contributed by atoms with E-state index in [1.807, 2.05) is 0 Å². The van der Waals surface area contributed by atoms with Crippen LogP contribution in [-0.2, 0) is 4.79 Å². The predicted octanol–water partition coefficient (Wildman–Crippen LogP) is 2.75. The first-order chi connectivity index (χ1) is 8.20. The lowest BCUT2D eigenvalue weighted by molar-refractivity contribution is -0.137. The highest BCUT2D eigenvalue weighted by atomic mass is 16.4. The van der Waals surface area contributed by atoms with E-state index in [1.54, 1.807) is 0 Å². The van der Waals surface area contributed by atoms with Crippen molar-refractivity contribution in [2.75, 3.05) is 13.1 Å². The number of carbonyl (C=O) groups is 1. The van der Waals surface area contributed by atoms with Crippen molar-refractivity contribution in [3.8, 4) is 0 Å².